The number of hydrogen-bond acceptors (Lipinski definition) is 6. The van der Waals surface area contributed by atoms with Gasteiger partial charge in [0.25, 0.3) is 0 Å². The third kappa shape index (κ3) is 3.91. The van der Waals surface area contributed by atoms with Crippen LogP contribution in [0.4, 0.5) is 10.9 Å². The molecule has 3 heterocycles. The molecule has 1 N–H and O–H groups in total. The Morgan fingerprint density at radius 2 is 1.71 bits per heavy atom. The van der Waals surface area contributed by atoms with Crippen molar-refractivity contribution < 1.29 is 0 Å². The van der Waals surface area contributed by atoms with E-state index in [9.17, 15) is 0 Å². The normalized spacial score (nSPS) is 11.7. The van der Waals surface area contributed by atoms with Gasteiger partial charge in [-0.2, -0.15) is 5.10 Å². The van der Waals surface area contributed by atoms with Crippen LogP contribution in [0, 0.1) is 0 Å². The second-order valence-electron chi connectivity index (χ2n) is 7.59. The number of fused-ring (bicyclic) bond motifs is 1. The molecule has 5 nitrogen and oxygen atoms in total. The Morgan fingerprint density at radius 3 is 2.39 bits per heavy atom. The van der Waals surface area contributed by atoms with Gasteiger partial charge >= 0.3 is 0 Å². The summed E-state index contributed by atoms with van der Waals surface area (Å²) in [4.78, 5) is 8.84. The van der Waals surface area contributed by atoms with Crippen molar-refractivity contribution in [3.05, 3.63) is 69.5 Å². The molecule has 28 heavy (non-hydrogen) atoms. The minimum atomic E-state index is -0.0303. The van der Waals surface area contributed by atoms with Crippen molar-refractivity contribution in [3.8, 4) is 0 Å². The lowest BCUT2D eigenvalue weighted by atomic mass is 9.93. The Labute approximate surface area is 176 Å². The third-order valence-corrected chi connectivity index (χ3v) is 6.03. The van der Waals surface area contributed by atoms with Gasteiger partial charge in [0.2, 0.25) is 0 Å². The lowest BCUT2D eigenvalue weighted by Crippen LogP contribution is -2.12. The zero-order valence-electron chi connectivity index (χ0n) is 15.9. The molecule has 3 aromatic heterocycles. The highest BCUT2D eigenvalue weighted by Crippen LogP contribution is 2.37. The van der Waals surface area contributed by atoms with Crippen molar-refractivity contribution >= 4 is 49.0 Å². The predicted octanol–water partition coefficient (Wildman–Crippen LogP) is 5.88. The van der Waals surface area contributed by atoms with Gasteiger partial charge in [-0.25, -0.2) is 4.98 Å². The lowest BCUT2D eigenvalue weighted by molar-refractivity contribution is 0.571. The lowest BCUT2D eigenvalue weighted by Gasteiger charge is -2.15. The van der Waals surface area contributed by atoms with Crippen molar-refractivity contribution in [2.24, 2.45) is 0 Å². The number of hydrogen-bond donors (Lipinski definition) is 1. The molecule has 0 saturated heterocycles. The molecule has 0 bridgehead atoms. The Morgan fingerprint density at radius 1 is 1.00 bits per heavy atom. The molecule has 4 aromatic rings. The summed E-state index contributed by atoms with van der Waals surface area (Å²) in [7, 11) is 0. The van der Waals surface area contributed by atoms with E-state index in [1.807, 2.05) is 24.3 Å². The van der Waals surface area contributed by atoms with Gasteiger partial charge in [-0.05, 0) is 33.6 Å². The first-order valence-electron chi connectivity index (χ1n) is 8.99. The highest BCUT2D eigenvalue weighted by molar-refractivity contribution is 9.11. The van der Waals surface area contributed by atoms with Gasteiger partial charge in [0.05, 0.1) is 15.2 Å². The van der Waals surface area contributed by atoms with Crippen LogP contribution in [-0.4, -0.2) is 20.2 Å². The number of nitrogens with one attached hydrogen (secondary N) is 1. The average molecular weight is 454 g/mol. The van der Waals surface area contributed by atoms with Crippen LogP contribution < -0.4 is 5.32 Å². The molecule has 0 unspecified atom stereocenters. The first-order chi connectivity index (χ1) is 13.4. The summed E-state index contributed by atoms with van der Waals surface area (Å²) in [6.45, 7) is 6.46. The topological polar surface area (TPSA) is 63.6 Å². The molecule has 4 rings (SSSR count). The van der Waals surface area contributed by atoms with Crippen LogP contribution in [0.15, 0.2) is 52.6 Å². The summed E-state index contributed by atoms with van der Waals surface area (Å²) >= 11 is 5.21. The fraction of sp³-hybridized carbons (Fsp3) is 0.238. The van der Waals surface area contributed by atoms with Crippen molar-refractivity contribution in [1.82, 2.24) is 20.2 Å². The second kappa shape index (κ2) is 7.56. The van der Waals surface area contributed by atoms with E-state index in [0.29, 0.717) is 6.42 Å². The smallest absolute Gasteiger partial charge is 0.189 e. The van der Waals surface area contributed by atoms with Crippen molar-refractivity contribution in [2.75, 3.05) is 5.32 Å². The molecule has 0 atom stereocenters. The highest BCUT2D eigenvalue weighted by atomic mass is 79.9. The van der Waals surface area contributed by atoms with Crippen LogP contribution in [0.5, 0.6) is 0 Å². The Kier molecular flexibility index (Phi) is 5.12. The Hall–Kier alpha value is -2.38. The first-order valence-corrected chi connectivity index (χ1v) is 10.6. The SMILES string of the molecule is CC(C)(C)c1nc(Nc2nnc(Cc3ccncc3)c3ccccc23)sc1Br. The average Bonchev–Trinajstić information content (AvgIpc) is 3.05. The van der Waals surface area contributed by atoms with E-state index in [-0.39, 0.29) is 5.41 Å². The summed E-state index contributed by atoms with van der Waals surface area (Å²) in [5.74, 6) is 0.718. The van der Waals surface area contributed by atoms with Gasteiger partial charge in [0.15, 0.2) is 10.9 Å². The molecular weight excluding hydrogens is 434 g/mol. The third-order valence-electron chi connectivity index (χ3n) is 4.41. The molecule has 142 valence electrons. The van der Waals surface area contributed by atoms with E-state index in [1.165, 1.54) is 0 Å². The molecule has 1 aromatic carbocycles. The quantitative estimate of drug-likeness (QED) is 0.418. The van der Waals surface area contributed by atoms with Crippen LogP contribution >= 0.6 is 27.3 Å². The molecule has 7 heteroatoms. The van der Waals surface area contributed by atoms with Crippen molar-refractivity contribution in [1.29, 1.82) is 0 Å². The molecule has 0 saturated carbocycles. The number of halogens is 1. The molecule has 0 aliphatic heterocycles. The molecule has 0 amide bonds. The van der Waals surface area contributed by atoms with E-state index >= 15 is 0 Å². The number of thiazole rings is 1. The fourth-order valence-electron chi connectivity index (χ4n) is 3.00. The van der Waals surface area contributed by atoms with Crippen molar-refractivity contribution in [3.63, 3.8) is 0 Å². The summed E-state index contributed by atoms with van der Waals surface area (Å²) in [5, 5.41) is 15.3. The summed E-state index contributed by atoms with van der Waals surface area (Å²) in [6.07, 6.45) is 4.31. The van der Waals surface area contributed by atoms with Gasteiger partial charge < -0.3 is 5.32 Å². The zero-order chi connectivity index (χ0) is 19.7. The van der Waals surface area contributed by atoms with Crippen LogP contribution in [0.3, 0.4) is 0 Å². The summed E-state index contributed by atoms with van der Waals surface area (Å²) in [5.41, 5.74) is 3.11. The van der Waals surface area contributed by atoms with Crippen LogP contribution in [0.2, 0.25) is 0 Å². The highest BCUT2D eigenvalue weighted by Gasteiger charge is 2.22. The van der Waals surface area contributed by atoms with Gasteiger partial charge in [-0.15, -0.1) is 5.10 Å². The minimum absolute atomic E-state index is 0.0303. The van der Waals surface area contributed by atoms with E-state index in [4.69, 9.17) is 4.98 Å². The number of rotatable bonds is 4. The van der Waals surface area contributed by atoms with Crippen LogP contribution in [-0.2, 0) is 11.8 Å². The number of nitrogens with zero attached hydrogens (tertiary/aromatic N) is 4. The summed E-state index contributed by atoms with van der Waals surface area (Å²) in [6, 6.07) is 12.2. The Bertz CT molecular complexity index is 1120. The zero-order valence-corrected chi connectivity index (χ0v) is 18.3. The van der Waals surface area contributed by atoms with Gasteiger partial charge in [-0.3, -0.25) is 4.98 Å². The van der Waals surface area contributed by atoms with E-state index in [0.717, 1.165) is 42.5 Å². The minimum Gasteiger partial charge on any atom is -0.314 e. The number of benzene rings is 1. The molecule has 0 spiro atoms. The van der Waals surface area contributed by atoms with E-state index < -0.39 is 0 Å². The predicted molar refractivity (Wildman–Crippen MR) is 118 cm³/mol. The molecule has 0 aliphatic rings. The Balaban J connectivity index is 1.71. The van der Waals surface area contributed by atoms with Gasteiger partial charge in [0, 0.05) is 35.0 Å². The molecular formula is C21H20BrN5S. The second-order valence-corrected chi connectivity index (χ2v) is 9.91. The maximum absolute atomic E-state index is 4.76. The largest absolute Gasteiger partial charge is 0.314 e. The molecule has 0 radical (unpaired) electrons. The maximum Gasteiger partial charge on any atom is 0.189 e. The standard InChI is InChI=1S/C21H20BrN5S/c1-21(2,3)17-18(22)28-20(24-17)25-19-15-7-5-4-6-14(15)16(26-27-19)12-13-8-10-23-11-9-13/h4-11H,12H2,1-3H3,(H,24,25,27). The maximum atomic E-state index is 4.76. The van der Waals surface area contributed by atoms with Crippen molar-refractivity contribution in [2.45, 2.75) is 32.6 Å². The molecule has 0 aliphatic carbocycles. The molecule has 0 fully saturated rings. The van der Waals surface area contributed by atoms with Gasteiger partial charge in [-0.1, -0.05) is 56.4 Å². The number of anilines is 2. The van der Waals surface area contributed by atoms with E-state index in [2.05, 4.69) is 69.3 Å². The fourth-order valence-corrected chi connectivity index (χ4v) is 5.04. The van der Waals surface area contributed by atoms with Crippen LogP contribution in [0.25, 0.3) is 10.8 Å². The number of pyridine rings is 1. The van der Waals surface area contributed by atoms with E-state index in [1.54, 1.807) is 23.7 Å². The van der Waals surface area contributed by atoms with Crippen LogP contribution in [0.1, 0.15) is 37.7 Å². The first kappa shape index (κ1) is 19.0. The summed E-state index contributed by atoms with van der Waals surface area (Å²) < 4.78 is 1.04. The number of aromatic nitrogens is 4. The van der Waals surface area contributed by atoms with Gasteiger partial charge in [0.1, 0.15) is 0 Å². The monoisotopic (exact) mass is 453 g/mol.